The maximum atomic E-state index is 12.8. The fourth-order valence-electron chi connectivity index (χ4n) is 4.71. The van der Waals surface area contributed by atoms with Crippen molar-refractivity contribution in [2.24, 2.45) is 28.8 Å². The molecule has 1 aliphatic heterocycles. The average Bonchev–Trinajstić information content (AvgIpc) is 3.46. The first kappa shape index (κ1) is 19.2. The highest BCUT2D eigenvalue weighted by atomic mass is 16.6. The van der Waals surface area contributed by atoms with E-state index < -0.39 is 4.92 Å². The number of nitrogens with zero attached hydrogens (tertiary/aromatic N) is 3. The van der Waals surface area contributed by atoms with E-state index in [0.717, 1.165) is 17.0 Å². The summed E-state index contributed by atoms with van der Waals surface area (Å²) in [7, 11) is 0. The van der Waals surface area contributed by atoms with Crippen molar-refractivity contribution in [2.75, 3.05) is 0 Å². The van der Waals surface area contributed by atoms with Crippen LogP contribution in [0.3, 0.4) is 0 Å². The topological polar surface area (TPSA) is 102 Å². The summed E-state index contributed by atoms with van der Waals surface area (Å²) in [6.45, 7) is 0.212. The normalized spacial score (nSPS) is 26.1. The van der Waals surface area contributed by atoms with Gasteiger partial charge in [0.1, 0.15) is 12.4 Å². The Morgan fingerprint density at radius 1 is 1.03 bits per heavy atom. The van der Waals surface area contributed by atoms with Crippen molar-refractivity contribution in [3.8, 4) is 5.75 Å². The predicted octanol–water partition coefficient (Wildman–Crippen LogP) is 3.31. The fourth-order valence-corrected chi connectivity index (χ4v) is 4.71. The second kappa shape index (κ2) is 7.46. The minimum absolute atomic E-state index is 0.0182. The number of benzene rings is 2. The van der Waals surface area contributed by atoms with Crippen molar-refractivity contribution in [3.63, 3.8) is 0 Å². The van der Waals surface area contributed by atoms with E-state index in [1.807, 2.05) is 24.3 Å². The van der Waals surface area contributed by atoms with Gasteiger partial charge in [0, 0.05) is 17.7 Å². The van der Waals surface area contributed by atoms with Crippen LogP contribution in [0.15, 0.2) is 65.8 Å². The Morgan fingerprint density at radius 2 is 1.68 bits per heavy atom. The van der Waals surface area contributed by atoms with E-state index in [1.54, 1.807) is 24.3 Å². The Kier molecular flexibility index (Phi) is 4.62. The van der Waals surface area contributed by atoms with Crippen LogP contribution in [0.1, 0.15) is 17.5 Å². The van der Waals surface area contributed by atoms with Crippen molar-refractivity contribution in [1.82, 2.24) is 5.01 Å². The number of para-hydroxylation sites is 1. The molecule has 0 N–H and O–H groups in total. The molecule has 2 fully saturated rings. The Balaban J connectivity index is 1.30. The zero-order valence-corrected chi connectivity index (χ0v) is 16.5. The molecule has 0 aromatic heterocycles. The van der Waals surface area contributed by atoms with E-state index in [4.69, 9.17) is 4.74 Å². The van der Waals surface area contributed by atoms with Crippen LogP contribution in [0.25, 0.3) is 0 Å². The summed E-state index contributed by atoms with van der Waals surface area (Å²) in [5.74, 6) is -0.208. The number of non-ortho nitro benzene ring substituents is 1. The van der Waals surface area contributed by atoms with Crippen LogP contribution < -0.4 is 4.74 Å². The Labute approximate surface area is 178 Å². The van der Waals surface area contributed by atoms with Crippen LogP contribution in [-0.2, 0) is 16.2 Å². The molecule has 1 heterocycles. The largest absolute Gasteiger partial charge is 0.488 e. The van der Waals surface area contributed by atoms with Crippen molar-refractivity contribution in [3.05, 3.63) is 81.9 Å². The monoisotopic (exact) mass is 417 g/mol. The van der Waals surface area contributed by atoms with Crippen molar-refractivity contribution >= 4 is 23.7 Å². The molecule has 3 aliphatic rings. The lowest BCUT2D eigenvalue weighted by atomic mass is 9.85. The number of ether oxygens (including phenoxy) is 1. The number of hydrazone groups is 1. The van der Waals surface area contributed by atoms with Gasteiger partial charge in [-0.15, -0.1) is 0 Å². The number of rotatable bonds is 6. The number of imide groups is 1. The third-order valence-electron chi connectivity index (χ3n) is 6.22. The molecule has 2 amide bonds. The molecule has 0 spiro atoms. The minimum atomic E-state index is -0.451. The second-order valence-corrected chi connectivity index (χ2v) is 7.98. The number of hydrogen-bond acceptors (Lipinski definition) is 6. The van der Waals surface area contributed by atoms with Crippen LogP contribution in [0.2, 0.25) is 0 Å². The van der Waals surface area contributed by atoms with Gasteiger partial charge in [-0.05, 0) is 48.1 Å². The van der Waals surface area contributed by atoms with Crippen molar-refractivity contribution in [1.29, 1.82) is 0 Å². The highest BCUT2D eigenvalue weighted by Crippen LogP contribution is 2.52. The molecule has 4 atom stereocenters. The van der Waals surface area contributed by atoms with Crippen LogP contribution in [0.5, 0.6) is 5.75 Å². The first-order chi connectivity index (χ1) is 15.0. The smallest absolute Gasteiger partial charge is 0.269 e. The van der Waals surface area contributed by atoms with Crippen LogP contribution in [0.4, 0.5) is 5.69 Å². The molecule has 2 bridgehead atoms. The quantitative estimate of drug-likeness (QED) is 0.236. The van der Waals surface area contributed by atoms with Gasteiger partial charge in [-0.1, -0.05) is 24.3 Å². The molecule has 8 nitrogen and oxygen atoms in total. The molecule has 2 aromatic rings. The first-order valence-corrected chi connectivity index (χ1v) is 10.1. The molecule has 2 aliphatic carbocycles. The lowest BCUT2D eigenvalue weighted by Crippen LogP contribution is -2.28. The molecule has 1 saturated heterocycles. The van der Waals surface area contributed by atoms with Gasteiger partial charge in [-0.3, -0.25) is 19.7 Å². The lowest BCUT2D eigenvalue weighted by molar-refractivity contribution is -0.384. The summed E-state index contributed by atoms with van der Waals surface area (Å²) >= 11 is 0. The van der Waals surface area contributed by atoms with Gasteiger partial charge in [0.05, 0.1) is 23.0 Å². The SMILES string of the molecule is O=C1[C@@H]2[C@@H](C(=O)N1/N=C\c1ccccc1OCc1ccc([N+](=O)[O-])cc1)[C@@H]1C=C[C@@H]2C1. The van der Waals surface area contributed by atoms with Gasteiger partial charge in [0.15, 0.2) is 0 Å². The van der Waals surface area contributed by atoms with Gasteiger partial charge < -0.3 is 4.74 Å². The van der Waals surface area contributed by atoms with Gasteiger partial charge in [0.2, 0.25) is 0 Å². The first-order valence-electron chi connectivity index (χ1n) is 10.1. The zero-order valence-electron chi connectivity index (χ0n) is 16.5. The zero-order chi connectivity index (χ0) is 21.5. The van der Waals surface area contributed by atoms with Crippen molar-refractivity contribution in [2.45, 2.75) is 13.0 Å². The number of fused-ring (bicyclic) bond motifs is 5. The van der Waals surface area contributed by atoms with E-state index in [9.17, 15) is 19.7 Å². The third-order valence-corrected chi connectivity index (χ3v) is 6.22. The number of amides is 2. The van der Waals surface area contributed by atoms with E-state index in [1.165, 1.54) is 18.3 Å². The average molecular weight is 417 g/mol. The second-order valence-electron chi connectivity index (χ2n) is 7.98. The predicted molar refractivity (Wildman–Crippen MR) is 111 cm³/mol. The maximum Gasteiger partial charge on any atom is 0.269 e. The lowest BCUT2D eigenvalue weighted by Gasteiger charge is -2.13. The van der Waals surface area contributed by atoms with E-state index >= 15 is 0 Å². The van der Waals surface area contributed by atoms with Crippen LogP contribution >= 0.6 is 0 Å². The fraction of sp³-hybridized carbons (Fsp3) is 0.261. The van der Waals surface area contributed by atoms with Crippen LogP contribution in [-0.4, -0.2) is 28.0 Å². The van der Waals surface area contributed by atoms with Gasteiger partial charge in [0.25, 0.3) is 17.5 Å². The van der Waals surface area contributed by atoms with Gasteiger partial charge in [-0.25, -0.2) is 0 Å². The molecule has 0 radical (unpaired) electrons. The molecule has 1 saturated carbocycles. The van der Waals surface area contributed by atoms with Gasteiger partial charge in [-0.2, -0.15) is 10.1 Å². The summed E-state index contributed by atoms with van der Waals surface area (Å²) in [5.41, 5.74) is 1.42. The van der Waals surface area contributed by atoms with E-state index in [-0.39, 0.29) is 47.8 Å². The summed E-state index contributed by atoms with van der Waals surface area (Å²) < 4.78 is 5.85. The van der Waals surface area contributed by atoms with Crippen LogP contribution in [0, 0.1) is 33.8 Å². The summed E-state index contributed by atoms with van der Waals surface area (Å²) in [6, 6.07) is 13.3. The molecule has 156 valence electrons. The maximum absolute atomic E-state index is 12.8. The summed E-state index contributed by atoms with van der Waals surface area (Å²) in [6.07, 6.45) is 6.44. The number of hydrogen-bond donors (Lipinski definition) is 0. The highest BCUT2D eigenvalue weighted by Gasteiger charge is 2.59. The molecular formula is C23H19N3O5. The Hall–Kier alpha value is -3.81. The summed E-state index contributed by atoms with van der Waals surface area (Å²) in [5, 5.41) is 16.0. The number of nitro benzene ring substituents is 1. The van der Waals surface area contributed by atoms with E-state index in [0.29, 0.717) is 11.3 Å². The third kappa shape index (κ3) is 3.30. The van der Waals surface area contributed by atoms with Gasteiger partial charge >= 0.3 is 0 Å². The Bertz CT molecular complexity index is 1090. The number of carbonyl (C=O) groups is 2. The molecular weight excluding hydrogens is 398 g/mol. The summed E-state index contributed by atoms with van der Waals surface area (Å²) in [4.78, 5) is 35.8. The number of carbonyl (C=O) groups excluding carboxylic acids is 2. The Morgan fingerprint density at radius 3 is 2.32 bits per heavy atom. The number of nitro groups is 1. The minimum Gasteiger partial charge on any atom is -0.488 e. The molecule has 0 unspecified atom stereocenters. The molecule has 5 rings (SSSR count). The number of allylic oxidation sites excluding steroid dienone is 2. The molecule has 31 heavy (non-hydrogen) atoms. The standard InChI is InChI=1S/C23H19N3O5/c27-22-20-15-7-8-16(11-15)21(20)23(28)25(22)24-12-17-3-1-2-4-19(17)31-13-14-5-9-18(10-6-14)26(29)30/h1-10,12,15-16,20-21H,11,13H2/b24-12-/t15-,16-,20+,21+/m1/s1. The molecule has 8 heteroatoms. The molecule has 2 aromatic carbocycles. The highest BCUT2D eigenvalue weighted by molar-refractivity contribution is 6.06. The van der Waals surface area contributed by atoms with E-state index in [2.05, 4.69) is 5.10 Å². The van der Waals surface area contributed by atoms with Crippen molar-refractivity contribution < 1.29 is 19.2 Å².